The molecular weight excluding hydrogens is 408 g/mol. The van der Waals surface area contributed by atoms with Gasteiger partial charge in [0.25, 0.3) is 0 Å². The van der Waals surface area contributed by atoms with Gasteiger partial charge < -0.3 is 27.4 Å². The fourth-order valence-corrected chi connectivity index (χ4v) is 4.97. The number of nitrogen functional groups attached to an aromatic ring is 2. The zero-order valence-electron chi connectivity index (χ0n) is 19.5. The molecule has 33 heavy (non-hydrogen) atoms. The second-order valence-electron chi connectivity index (χ2n) is 9.17. The summed E-state index contributed by atoms with van der Waals surface area (Å²) in [4.78, 5) is 0. The van der Waals surface area contributed by atoms with Crippen LogP contribution in [0, 0.1) is 0 Å². The van der Waals surface area contributed by atoms with Crippen molar-refractivity contribution in [1.29, 1.82) is 0 Å². The molecule has 1 heterocycles. The maximum atomic E-state index is 6.26. The first-order valence-corrected chi connectivity index (χ1v) is 11.7. The third kappa shape index (κ3) is 4.78. The van der Waals surface area contributed by atoms with Gasteiger partial charge in [-0.05, 0) is 36.4 Å². The maximum absolute atomic E-state index is 6.26. The number of aryl methyl sites for hydroxylation is 1. The summed E-state index contributed by atoms with van der Waals surface area (Å²) in [6, 6.07) is 22.9. The van der Waals surface area contributed by atoms with E-state index < -0.39 is 0 Å². The van der Waals surface area contributed by atoms with Crippen molar-refractivity contribution in [3.8, 4) is 11.3 Å². The standard InChI is InChI=1S/C27H35N6/c1-33(16-12-28,17-13-29)15-5-14-32-26-19-22(31)9-11-24(26)23-10-8-21(30)18-25(23)27(32)20-6-3-2-4-7-20/h2-4,6-11,18-19,31H,5,12-17,28-30H2,1H3/q+1/p+1. The Bertz CT molecular complexity index is 1250. The summed E-state index contributed by atoms with van der Waals surface area (Å²) in [6.07, 6.45) is 0.999. The number of benzene rings is 3. The molecule has 0 atom stereocenters. The molecule has 0 aliphatic heterocycles. The zero-order chi connectivity index (χ0) is 23.4. The van der Waals surface area contributed by atoms with Crippen LogP contribution >= 0.6 is 0 Å². The predicted molar refractivity (Wildman–Crippen MR) is 139 cm³/mol. The number of rotatable bonds is 9. The molecule has 0 aliphatic carbocycles. The van der Waals surface area contributed by atoms with Crippen LogP contribution in [0.2, 0.25) is 0 Å². The number of likely N-dealkylation sites (N-methyl/N-ethyl adjacent to an activating group) is 1. The molecule has 0 spiro atoms. The third-order valence-corrected chi connectivity index (χ3v) is 6.64. The van der Waals surface area contributed by atoms with Gasteiger partial charge in [-0.3, -0.25) is 0 Å². The van der Waals surface area contributed by atoms with Crippen LogP contribution in [-0.4, -0.2) is 44.3 Å². The summed E-state index contributed by atoms with van der Waals surface area (Å²) >= 11 is 0. The van der Waals surface area contributed by atoms with Gasteiger partial charge in [0.2, 0.25) is 11.2 Å². The lowest BCUT2D eigenvalue weighted by Crippen LogP contribution is -2.51. The SMILES string of the molecule is C[N+](CCN)(CCN)CCC[n+]1c(-c2ccccc2)c2cc(N)ccc2c2ccc(N)cc21. The molecule has 6 heteroatoms. The molecule has 0 radical (unpaired) electrons. The lowest BCUT2D eigenvalue weighted by atomic mass is 9.98. The maximum Gasteiger partial charge on any atom is 0.220 e. The van der Waals surface area contributed by atoms with Crippen LogP contribution in [0.3, 0.4) is 0 Å². The molecule has 8 N–H and O–H groups in total. The Kier molecular flexibility index (Phi) is 6.79. The van der Waals surface area contributed by atoms with Crippen LogP contribution in [0.4, 0.5) is 11.4 Å². The molecule has 0 unspecified atom stereocenters. The van der Waals surface area contributed by atoms with Crippen molar-refractivity contribution in [3.63, 3.8) is 0 Å². The van der Waals surface area contributed by atoms with Gasteiger partial charge in [-0.25, -0.2) is 0 Å². The van der Waals surface area contributed by atoms with Crippen molar-refractivity contribution in [2.45, 2.75) is 13.0 Å². The number of aromatic nitrogens is 1. The minimum atomic E-state index is 0.660. The summed E-state index contributed by atoms with van der Waals surface area (Å²) in [5.41, 5.74) is 29.3. The number of nitrogens with zero attached hydrogens (tertiary/aromatic N) is 2. The quantitative estimate of drug-likeness (QED) is 0.138. The number of hydrogen-bond acceptors (Lipinski definition) is 4. The zero-order valence-corrected chi connectivity index (χ0v) is 19.5. The Hall–Kier alpha value is -3.19. The Morgan fingerprint density at radius 2 is 1.36 bits per heavy atom. The molecule has 4 aromatic rings. The van der Waals surface area contributed by atoms with E-state index in [4.69, 9.17) is 22.9 Å². The summed E-state index contributed by atoms with van der Waals surface area (Å²) < 4.78 is 3.30. The number of anilines is 2. The number of nitrogens with two attached hydrogens (primary N) is 4. The first-order chi connectivity index (χ1) is 16.0. The Balaban J connectivity index is 1.90. The van der Waals surface area contributed by atoms with Gasteiger partial charge in [-0.2, -0.15) is 4.57 Å². The van der Waals surface area contributed by atoms with Crippen molar-refractivity contribution >= 4 is 33.1 Å². The van der Waals surface area contributed by atoms with Crippen molar-refractivity contribution in [3.05, 3.63) is 66.7 Å². The molecule has 0 aliphatic rings. The van der Waals surface area contributed by atoms with Crippen molar-refractivity contribution < 1.29 is 9.05 Å². The highest BCUT2D eigenvalue weighted by Gasteiger charge is 2.26. The van der Waals surface area contributed by atoms with E-state index in [9.17, 15) is 0 Å². The Morgan fingerprint density at radius 3 is 2.03 bits per heavy atom. The fourth-order valence-electron chi connectivity index (χ4n) is 4.97. The molecule has 6 nitrogen and oxygen atoms in total. The smallest absolute Gasteiger partial charge is 0.220 e. The van der Waals surface area contributed by atoms with Gasteiger partial charge in [0.05, 0.1) is 43.9 Å². The number of hydrogen-bond donors (Lipinski definition) is 4. The third-order valence-electron chi connectivity index (χ3n) is 6.64. The molecule has 3 aromatic carbocycles. The van der Waals surface area contributed by atoms with Crippen molar-refractivity contribution in [1.82, 2.24) is 0 Å². The van der Waals surface area contributed by atoms with E-state index in [1.807, 2.05) is 18.2 Å². The van der Waals surface area contributed by atoms with Crippen LogP contribution in [-0.2, 0) is 6.54 Å². The monoisotopic (exact) mass is 444 g/mol. The molecule has 1 aromatic heterocycles. The summed E-state index contributed by atoms with van der Waals surface area (Å²) in [5.74, 6) is 0. The van der Waals surface area contributed by atoms with E-state index in [2.05, 4.69) is 60.1 Å². The normalized spacial score (nSPS) is 12.0. The van der Waals surface area contributed by atoms with Crippen LogP contribution in [0.25, 0.3) is 32.9 Å². The van der Waals surface area contributed by atoms with Gasteiger partial charge in [0.1, 0.15) is 0 Å². The van der Waals surface area contributed by atoms with E-state index in [0.717, 1.165) is 59.4 Å². The highest BCUT2D eigenvalue weighted by molar-refractivity contribution is 6.10. The largest absolute Gasteiger partial charge is 0.399 e. The average molecular weight is 445 g/mol. The molecule has 0 saturated carbocycles. The van der Waals surface area contributed by atoms with Crippen molar-refractivity contribution in [2.24, 2.45) is 11.5 Å². The first kappa shape index (κ1) is 23.0. The lowest BCUT2D eigenvalue weighted by Gasteiger charge is -2.33. The topological polar surface area (TPSA) is 108 Å². The van der Waals surface area contributed by atoms with Crippen LogP contribution in [0.1, 0.15) is 6.42 Å². The number of quaternary nitrogens is 1. The second-order valence-corrected chi connectivity index (χ2v) is 9.17. The van der Waals surface area contributed by atoms with E-state index in [0.29, 0.717) is 13.1 Å². The van der Waals surface area contributed by atoms with Gasteiger partial charge >= 0.3 is 0 Å². The summed E-state index contributed by atoms with van der Waals surface area (Å²) in [5, 5.41) is 3.51. The van der Waals surface area contributed by atoms with Gasteiger partial charge in [0.15, 0.2) is 6.54 Å². The van der Waals surface area contributed by atoms with E-state index >= 15 is 0 Å². The minimum Gasteiger partial charge on any atom is -0.399 e. The number of pyridine rings is 1. The fraction of sp³-hybridized carbons (Fsp3) is 0.296. The molecule has 4 rings (SSSR count). The van der Waals surface area contributed by atoms with Gasteiger partial charge in [-0.1, -0.05) is 24.3 Å². The van der Waals surface area contributed by atoms with Gasteiger partial charge in [0, 0.05) is 41.5 Å². The van der Waals surface area contributed by atoms with Crippen LogP contribution < -0.4 is 27.5 Å². The molecule has 0 bridgehead atoms. The Labute approximate surface area is 196 Å². The van der Waals surface area contributed by atoms with Gasteiger partial charge in [-0.15, -0.1) is 0 Å². The predicted octanol–water partition coefficient (Wildman–Crippen LogP) is 2.87. The summed E-state index contributed by atoms with van der Waals surface area (Å²) in [6.45, 7) is 5.04. The van der Waals surface area contributed by atoms with E-state index in [1.54, 1.807) is 0 Å². The van der Waals surface area contributed by atoms with Crippen LogP contribution in [0.5, 0.6) is 0 Å². The van der Waals surface area contributed by atoms with E-state index in [-0.39, 0.29) is 0 Å². The molecule has 172 valence electrons. The second kappa shape index (κ2) is 9.75. The summed E-state index contributed by atoms with van der Waals surface area (Å²) in [7, 11) is 2.25. The highest BCUT2D eigenvalue weighted by Crippen LogP contribution is 2.33. The van der Waals surface area contributed by atoms with Crippen LogP contribution in [0.15, 0.2) is 66.7 Å². The molecule has 0 saturated heterocycles. The first-order valence-electron chi connectivity index (χ1n) is 11.7. The molecule has 0 amide bonds. The highest BCUT2D eigenvalue weighted by atomic mass is 15.3. The lowest BCUT2D eigenvalue weighted by molar-refractivity contribution is -0.908. The minimum absolute atomic E-state index is 0.660. The van der Waals surface area contributed by atoms with Crippen molar-refractivity contribution in [2.75, 3.05) is 51.2 Å². The Morgan fingerprint density at radius 1 is 0.727 bits per heavy atom. The molecule has 0 fully saturated rings. The number of fused-ring (bicyclic) bond motifs is 3. The van der Waals surface area contributed by atoms with E-state index in [1.165, 1.54) is 22.0 Å². The molecular formula is C27H36N6+2. The average Bonchev–Trinajstić information content (AvgIpc) is 2.79.